The average Bonchev–Trinajstić information content (AvgIpc) is 2.76. The van der Waals surface area contributed by atoms with Crippen LogP contribution < -0.4 is 23.7 Å². The first-order valence-electron chi connectivity index (χ1n) is 9.82. The molecule has 3 atom stereocenters. The average molecular weight is 418 g/mol. The highest BCUT2D eigenvalue weighted by Gasteiger charge is 2.36. The topological polar surface area (TPSA) is 86.6 Å². The molecular formula is C23H30O7. The van der Waals surface area contributed by atoms with Gasteiger partial charge in [0.05, 0.1) is 41.7 Å². The first-order valence-corrected chi connectivity index (χ1v) is 9.82. The molecule has 2 N–H and O–H groups in total. The lowest BCUT2D eigenvalue weighted by molar-refractivity contribution is 0.0862. The molecule has 164 valence electrons. The van der Waals surface area contributed by atoms with Crippen molar-refractivity contribution in [3.05, 3.63) is 23.3 Å². The van der Waals surface area contributed by atoms with Gasteiger partial charge in [-0.2, -0.15) is 0 Å². The third-order valence-electron chi connectivity index (χ3n) is 6.09. The molecule has 0 spiro atoms. The lowest BCUT2D eigenvalue weighted by Gasteiger charge is -2.33. The number of hydrogen-bond donors (Lipinski definition) is 2. The summed E-state index contributed by atoms with van der Waals surface area (Å²) in [6.07, 6.45) is -0.135. The Morgan fingerprint density at radius 3 is 1.90 bits per heavy atom. The Morgan fingerprint density at radius 2 is 1.37 bits per heavy atom. The molecule has 0 fully saturated rings. The SMILES string of the molecule is COc1cc2c(c(OC)c1O)-c1c(cc(OC)c(OC)c1OC)C[C@H](C)[C@H](C)[C@H]2O. The van der Waals surface area contributed by atoms with Gasteiger partial charge < -0.3 is 33.9 Å². The number of phenolic OH excluding ortho intramolecular Hbond substituents is 1. The van der Waals surface area contributed by atoms with Crippen molar-refractivity contribution in [2.45, 2.75) is 26.4 Å². The van der Waals surface area contributed by atoms with Crippen LogP contribution in [0.2, 0.25) is 0 Å². The van der Waals surface area contributed by atoms with E-state index in [2.05, 4.69) is 6.92 Å². The maximum atomic E-state index is 11.3. The predicted molar refractivity (Wildman–Crippen MR) is 113 cm³/mol. The van der Waals surface area contributed by atoms with Gasteiger partial charge in [-0.25, -0.2) is 0 Å². The van der Waals surface area contributed by atoms with Gasteiger partial charge in [0.25, 0.3) is 0 Å². The second kappa shape index (κ2) is 8.52. The van der Waals surface area contributed by atoms with Gasteiger partial charge >= 0.3 is 0 Å². The van der Waals surface area contributed by atoms with E-state index in [1.807, 2.05) is 13.0 Å². The third kappa shape index (κ3) is 3.27. The summed E-state index contributed by atoms with van der Waals surface area (Å²) in [5.74, 6) is 1.81. The molecule has 0 aliphatic heterocycles. The Balaban J connectivity index is 2.54. The first kappa shape index (κ1) is 21.9. The molecule has 7 heteroatoms. The molecule has 7 nitrogen and oxygen atoms in total. The quantitative estimate of drug-likeness (QED) is 0.760. The number of hydrogen-bond acceptors (Lipinski definition) is 7. The molecule has 2 aromatic carbocycles. The fourth-order valence-electron chi connectivity index (χ4n) is 4.26. The molecule has 0 aromatic heterocycles. The van der Waals surface area contributed by atoms with Crippen molar-refractivity contribution in [3.8, 4) is 45.6 Å². The summed E-state index contributed by atoms with van der Waals surface area (Å²) in [6.45, 7) is 4.11. The smallest absolute Gasteiger partial charge is 0.203 e. The highest BCUT2D eigenvalue weighted by atomic mass is 16.5. The molecule has 0 unspecified atom stereocenters. The van der Waals surface area contributed by atoms with Gasteiger partial charge in [0.15, 0.2) is 23.0 Å². The summed E-state index contributed by atoms with van der Waals surface area (Å²) >= 11 is 0. The lowest BCUT2D eigenvalue weighted by Crippen LogP contribution is -2.23. The number of benzene rings is 2. The van der Waals surface area contributed by atoms with E-state index < -0.39 is 6.10 Å². The van der Waals surface area contributed by atoms with Crippen molar-refractivity contribution in [1.29, 1.82) is 0 Å². The summed E-state index contributed by atoms with van der Waals surface area (Å²) in [4.78, 5) is 0. The van der Waals surface area contributed by atoms with Crippen molar-refractivity contribution < 1.29 is 33.9 Å². The fraction of sp³-hybridized carbons (Fsp3) is 0.478. The van der Waals surface area contributed by atoms with Gasteiger partial charge in [0.1, 0.15) is 0 Å². The van der Waals surface area contributed by atoms with Crippen LogP contribution in [0.1, 0.15) is 31.1 Å². The molecule has 1 aliphatic rings. The van der Waals surface area contributed by atoms with Gasteiger partial charge in [-0.3, -0.25) is 0 Å². The van der Waals surface area contributed by atoms with Crippen LogP contribution in [-0.4, -0.2) is 45.8 Å². The molecule has 0 bridgehead atoms. The maximum absolute atomic E-state index is 11.3. The molecule has 30 heavy (non-hydrogen) atoms. The summed E-state index contributed by atoms with van der Waals surface area (Å²) in [6, 6.07) is 3.58. The molecule has 0 saturated carbocycles. The van der Waals surface area contributed by atoms with Gasteiger partial charge in [-0.1, -0.05) is 13.8 Å². The molecule has 3 rings (SSSR count). The van der Waals surface area contributed by atoms with Crippen LogP contribution >= 0.6 is 0 Å². The maximum Gasteiger partial charge on any atom is 0.203 e. The molecule has 0 saturated heterocycles. The number of rotatable bonds is 5. The summed E-state index contributed by atoms with van der Waals surface area (Å²) in [7, 11) is 7.60. The Labute approximate surface area is 177 Å². The van der Waals surface area contributed by atoms with Gasteiger partial charge in [-0.05, 0) is 41.5 Å². The van der Waals surface area contributed by atoms with Crippen molar-refractivity contribution in [3.63, 3.8) is 0 Å². The molecular weight excluding hydrogens is 388 g/mol. The Kier molecular flexibility index (Phi) is 6.22. The second-order valence-electron chi connectivity index (χ2n) is 7.59. The number of aromatic hydroxyl groups is 1. The Bertz CT molecular complexity index is 938. The van der Waals surface area contributed by atoms with Crippen LogP contribution in [0.4, 0.5) is 0 Å². The standard InChI is InChI=1S/C23H30O7/c1-11-8-13-9-16(27-4)21(28-5)23(30-7)17(13)18-14(19(24)12(11)2)10-15(26-3)20(25)22(18)29-6/h9-12,19,24-25H,8H2,1-7H3/t11-,12-,19+/m0/s1. The second-order valence-corrected chi connectivity index (χ2v) is 7.59. The van der Waals surface area contributed by atoms with Crippen molar-refractivity contribution >= 4 is 0 Å². The van der Waals surface area contributed by atoms with Crippen molar-refractivity contribution in [2.24, 2.45) is 11.8 Å². The van der Waals surface area contributed by atoms with Gasteiger partial charge in [0, 0.05) is 11.1 Å². The van der Waals surface area contributed by atoms with E-state index >= 15 is 0 Å². The van der Waals surface area contributed by atoms with Crippen LogP contribution in [0.25, 0.3) is 11.1 Å². The van der Waals surface area contributed by atoms with E-state index in [1.165, 1.54) is 14.2 Å². The Hall–Kier alpha value is -2.80. The molecule has 2 aromatic rings. The van der Waals surface area contributed by atoms with E-state index in [0.29, 0.717) is 40.4 Å². The number of aliphatic hydroxyl groups excluding tert-OH is 1. The number of ether oxygens (including phenoxy) is 5. The van der Waals surface area contributed by atoms with Gasteiger partial charge in [0.2, 0.25) is 11.5 Å². The monoisotopic (exact) mass is 418 g/mol. The fourth-order valence-corrected chi connectivity index (χ4v) is 4.26. The largest absolute Gasteiger partial charge is 0.502 e. The minimum absolute atomic E-state index is 0.0602. The minimum Gasteiger partial charge on any atom is -0.502 e. The zero-order valence-corrected chi connectivity index (χ0v) is 18.5. The van der Waals surface area contributed by atoms with Crippen LogP contribution in [0, 0.1) is 11.8 Å². The number of aliphatic hydroxyl groups is 1. The number of fused-ring (bicyclic) bond motifs is 3. The summed E-state index contributed by atoms with van der Waals surface area (Å²) in [5.41, 5.74) is 2.78. The van der Waals surface area contributed by atoms with E-state index in [0.717, 1.165) is 5.56 Å². The lowest BCUT2D eigenvalue weighted by atomic mass is 9.76. The van der Waals surface area contributed by atoms with Crippen molar-refractivity contribution in [2.75, 3.05) is 35.5 Å². The first-order chi connectivity index (χ1) is 14.3. The van der Waals surface area contributed by atoms with E-state index in [-0.39, 0.29) is 29.1 Å². The normalized spacial score (nSPS) is 20.3. The van der Waals surface area contributed by atoms with Crippen LogP contribution in [0.3, 0.4) is 0 Å². The van der Waals surface area contributed by atoms with E-state index in [1.54, 1.807) is 27.4 Å². The molecule has 1 aliphatic carbocycles. The highest BCUT2D eigenvalue weighted by molar-refractivity contribution is 5.88. The molecule has 0 radical (unpaired) electrons. The van der Waals surface area contributed by atoms with E-state index in [9.17, 15) is 10.2 Å². The van der Waals surface area contributed by atoms with E-state index in [4.69, 9.17) is 23.7 Å². The Morgan fingerprint density at radius 1 is 0.767 bits per heavy atom. The number of phenols is 1. The summed E-state index contributed by atoms with van der Waals surface area (Å²) < 4.78 is 27.9. The van der Waals surface area contributed by atoms with Crippen LogP contribution in [0.5, 0.6) is 34.5 Å². The number of methoxy groups -OCH3 is 5. The third-order valence-corrected chi connectivity index (χ3v) is 6.09. The van der Waals surface area contributed by atoms with Crippen LogP contribution in [0.15, 0.2) is 12.1 Å². The van der Waals surface area contributed by atoms with Crippen LogP contribution in [-0.2, 0) is 6.42 Å². The zero-order valence-electron chi connectivity index (χ0n) is 18.5. The predicted octanol–water partition coefficient (Wildman–Crippen LogP) is 3.96. The minimum atomic E-state index is -0.802. The highest BCUT2D eigenvalue weighted by Crippen LogP contribution is 2.57. The van der Waals surface area contributed by atoms with Crippen molar-refractivity contribution in [1.82, 2.24) is 0 Å². The van der Waals surface area contributed by atoms with Gasteiger partial charge in [-0.15, -0.1) is 0 Å². The zero-order chi connectivity index (χ0) is 22.2. The summed E-state index contributed by atoms with van der Waals surface area (Å²) in [5, 5.41) is 22.1. The molecule has 0 heterocycles. The molecule has 0 amide bonds.